The van der Waals surface area contributed by atoms with Crippen LogP contribution in [0.4, 0.5) is 22.0 Å². The lowest BCUT2D eigenvalue weighted by Crippen LogP contribution is -2.55. The Bertz CT molecular complexity index is 576. The second-order valence-electron chi connectivity index (χ2n) is 4.81. The molecule has 1 aliphatic carbocycles. The number of ether oxygens (including phenoxy) is 1. The molecule has 0 radical (unpaired) electrons. The van der Waals surface area contributed by atoms with Crippen molar-refractivity contribution < 1.29 is 36.6 Å². The summed E-state index contributed by atoms with van der Waals surface area (Å²) in [5.41, 5.74) is 3.62. The topological polar surface area (TPSA) is 72.5 Å². The number of carboxylic acid groups (broad SMARTS) is 1. The number of benzene rings is 1. The molecule has 21 heavy (non-hydrogen) atoms. The van der Waals surface area contributed by atoms with Gasteiger partial charge in [0.25, 0.3) is 0 Å². The van der Waals surface area contributed by atoms with Gasteiger partial charge in [0.15, 0.2) is 11.3 Å². The first kappa shape index (κ1) is 15.5. The Labute approximate surface area is 115 Å². The van der Waals surface area contributed by atoms with Crippen molar-refractivity contribution in [3.8, 4) is 5.75 Å². The number of aliphatic carboxylic acids is 1. The van der Waals surface area contributed by atoms with Gasteiger partial charge in [-0.15, -0.1) is 0 Å². The number of carboxylic acids is 1. The zero-order valence-corrected chi connectivity index (χ0v) is 10.4. The average Bonchev–Trinajstić information content (AvgIpc) is 3.27. The number of hydrogen-bond donors (Lipinski definition) is 2. The van der Waals surface area contributed by atoms with Crippen LogP contribution in [-0.2, 0) is 4.79 Å². The molecule has 9 heteroatoms. The molecule has 2 rings (SSSR count). The number of halogens is 5. The maximum atomic E-state index is 13.4. The van der Waals surface area contributed by atoms with E-state index in [1.165, 1.54) is 0 Å². The van der Waals surface area contributed by atoms with Crippen molar-refractivity contribution in [2.75, 3.05) is 6.61 Å². The molecule has 0 saturated heterocycles. The third-order valence-corrected chi connectivity index (χ3v) is 3.33. The van der Waals surface area contributed by atoms with E-state index >= 15 is 0 Å². The lowest BCUT2D eigenvalue weighted by molar-refractivity contribution is -0.145. The average molecular weight is 311 g/mol. The quantitative estimate of drug-likeness (QED) is 0.495. The van der Waals surface area contributed by atoms with Gasteiger partial charge in [-0.1, -0.05) is 0 Å². The van der Waals surface area contributed by atoms with Gasteiger partial charge in [0.05, 0.1) is 0 Å². The van der Waals surface area contributed by atoms with Crippen LogP contribution >= 0.6 is 0 Å². The summed E-state index contributed by atoms with van der Waals surface area (Å²) >= 11 is 0. The monoisotopic (exact) mass is 311 g/mol. The third-order valence-electron chi connectivity index (χ3n) is 3.33. The molecule has 3 N–H and O–H groups in total. The highest BCUT2D eigenvalue weighted by Crippen LogP contribution is 2.39. The Morgan fingerprint density at radius 1 is 1.10 bits per heavy atom. The van der Waals surface area contributed by atoms with Crippen molar-refractivity contribution in [2.24, 2.45) is 11.7 Å². The highest BCUT2D eigenvalue weighted by Gasteiger charge is 2.49. The van der Waals surface area contributed by atoms with Crippen LogP contribution in [0.1, 0.15) is 12.8 Å². The molecular weight excluding hydrogens is 301 g/mol. The van der Waals surface area contributed by atoms with Gasteiger partial charge in [0.1, 0.15) is 6.61 Å². The molecule has 0 heterocycles. The summed E-state index contributed by atoms with van der Waals surface area (Å²) in [6.07, 6.45) is 0.951. The Morgan fingerprint density at radius 3 is 1.90 bits per heavy atom. The molecular formula is C12H10F5NO3. The Balaban J connectivity index is 2.30. The first-order chi connectivity index (χ1) is 9.70. The predicted molar refractivity (Wildman–Crippen MR) is 59.0 cm³/mol. The second-order valence-corrected chi connectivity index (χ2v) is 4.81. The predicted octanol–water partition coefficient (Wildman–Crippen LogP) is 1.95. The normalized spacial score (nSPS) is 17.4. The number of carbonyl (C=O) groups is 1. The van der Waals surface area contributed by atoms with E-state index in [-0.39, 0.29) is 0 Å². The highest BCUT2D eigenvalue weighted by molar-refractivity contribution is 5.79. The molecule has 0 bridgehead atoms. The molecule has 0 spiro atoms. The first-order valence-corrected chi connectivity index (χ1v) is 5.86. The second kappa shape index (κ2) is 5.14. The molecule has 0 amide bonds. The highest BCUT2D eigenvalue weighted by atomic mass is 19.2. The van der Waals surface area contributed by atoms with Gasteiger partial charge in [-0.05, 0) is 18.8 Å². The summed E-state index contributed by atoms with van der Waals surface area (Å²) in [4.78, 5) is 11.1. The maximum absolute atomic E-state index is 13.4. The maximum Gasteiger partial charge on any atom is 0.327 e. The van der Waals surface area contributed by atoms with Crippen molar-refractivity contribution in [3.63, 3.8) is 0 Å². The molecule has 116 valence electrons. The first-order valence-electron chi connectivity index (χ1n) is 5.86. The van der Waals surface area contributed by atoms with Gasteiger partial charge in [-0.25, -0.2) is 13.2 Å². The zero-order valence-electron chi connectivity index (χ0n) is 10.4. The van der Waals surface area contributed by atoms with Gasteiger partial charge in [-0.3, -0.25) is 4.79 Å². The van der Waals surface area contributed by atoms with E-state index in [0.29, 0.717) is 12.8 Å². The molecule has 1 atom stereocenters. The fourth-order valence-electron chi connectivity index (χ4n) is 1.86. The van der Waals surface area contributed by atoms with Crippen LogP contribution in [0, 0.1) is 35.0 Å². The van der Waals surface area contributed by atoms with Crippen molar-refractivity contribution in [3.05, 3.63) is 29.1 Å². The minimum atomic E-state index is -2.32. The fourth-order valence-corrected chi connectivity index (χ4v) is 1.86. The van der Waals surface area contributed by atoms with Crippen LogP contribution in [0.25, 0.3) is 0 Å². The molecule has 1 aromatic carbocycles. The van der Waals surface area contributed by atoms with Gasteiger partial charge in [0.2, 0.25) is 29.1 Å². The smallest absolute Gasteiger partial charge is 0.327 e. The minimum absolute atomic E-state index is 0.475. The van der Waals surface area contributed by atoms with E-state index in [1.54, 1.807) is 0 Å². The van der Waals surface area contributed by atoms with Crippen LogP contribution < -0.4 is 10.5 Å². The molecule has 0 aromatic heterocycles. The summed E-state index contributed by atoms with van der Waals surface area (Å²) in [6.45, 7) is -0.911. The summed E-state index contributed by atoms with van der Waals surface area (Å²) in [5, 5.41) is 9.01. The van der Waals surface area contributed by atoms with E-state index < -0.39 is 58.9 Å². The molecule has 4 nitrogen and oxygen atoms in total. The van der Waals surface area contributed by atoms with Crippen LogP contribution in [0.15, 0.2) is 0 Å². The van der Waals surface area contributed by atoms with E-state index in [9.17, 15) is 26.7 Å². The third kappa shape index (κ3) is 2.53. The Kier molecular flexibility index (Phi) is 3.79. The van der Waals surface area contributed by atoms with Gasteiger partial charge < -0.3 is 15.6 Å². The van der Waals surface area contributed by atoms with Crippen LogP contribution in [0.3, 0.4) is 0 Å². The summed E-state index contributed by atoms with van der Waals surface area (Å²) in [5.74, 6) is -14.5. The van der Waals surface area contributed by atoms with E-state index in [4.69, 9.17) is 10.8 Å². The van der Waals surface area contributed by atoms with E-state index in [1.807, 2.05) is 0 Å². The van der Waals surface area contributed by atoms with Crippen molar-refractivity contribution in [1.29, 1.82) is 0 Å². The van der Waals surface area contributed by atoms with Gasteiger partial charge >= 0.3 is 5.97 Å². The summed E-state index contributed by atoms with van der Waals surface area (Å²) in [7, 11) is 0. The van der Waals surface area contributed by atoms with Crippen molar-refractivity contribution in [1.82, 2.24) is 0 Å². The van der Waals surface area contributed by atoms with Crippen LogP contribution in [0.5, 0.6) is 5.75 Å². The molecule has 0 aliphatic heterocycles. The van der Waals surface area contributed by atoms with Crippen LogP contribution in [-0.4, -0.2) is 23.2 Å². The molecule has 1 aromatic rings. The Hall–Kier alpha value is -1.90. The summed E-state index contributed by atoms with van der Waals surface area (Å²) < 4.78 is 70.0. The molecule has 1 saturated carbocycles. The van der Waals surface area contributed by atoms with Gasteiger partial charge in [0, 0.05) is 0 Å². The lowest BCUT2D eigenvalue weighted by atomic mass is 9.96. The Morgan fingerprint density at radius 2 is 1.52 bits per heavy atom. The largest absolute Gasteiger partial charge is 0.485 e. The fraction of sp³-hybridized carbons (Fsp3) is 0.417. The SMILES string of the molecule is NC(COc1c(F)c(F)c(F)c(F)c1F)(C(=O)O)C1CC1. The van der Waals surface area contributed by atoms with Crippen molar-refractivity contribution >= 4 is 5.97 Å². The van der Waals surface area contributed by atoms with Crippen molar-refractivity contribution in [2.45, 2.75) is 18.4 Å². The molecule has 1 fully saturated rings. The number of nitrogens with two attached hydrogens (primary N) is 1. The molecule has 1 aliphatic rings. The van der Waals surface area contributed by atoms with E-state index in [2.05, 4.69) is 4.74 Å². The van der Waals surface area contributed by atoms with E-state index in [0.717, 1.165) is 0 Å². The summed E-state index contributed by atoms with van der Waals surface area (Å²) in [6, 6.07) is 0. The minimum Gasteiger partial charge on any atom is -0.485 e. The number of hydrogen-bond acceptors (Lipinski definition) is 3. The van der Waals surface area contributed by atoms with Gasteiger partial charge in [-0.2, -0.15) is 8.78 Å². The standard InChI is InChI=1S/C12H10F5NO3/c13-5-6(14)8(16)10(9(17)7(5)15)21-3-12(18,11(19)20)4-1-2-4/h4H,1-3,18H2,(H,19,20). The number of rotatable bonds is 5. The zero-order chi connectivity index (χ0) is 15.9. The lowest BCUT2D eigenvalue weighted by Gasteiger charge is -2.24. The molecule has 1 unspecified atom stereocenters. The van der Waals surface area contributed by atoms with Crippen LogP contribution in [0.2, 0.25) is 0 Å².